The molecule has 0 spiro atoms. The summed E-state index contributed by atoms with van der Waals surface area (Å²) in [6.45, 7) is 2.50. The Hall–Kier alpha value is -1.39. The van der Waals surface area contributed by atoms with Gasteiger partial charge in [0.2, 0.25) is 6.29 Å². The first-order valence-corrected chi connectivity index (χ1v) is 5.06. The molecule has 1 rings (SSSR count). The third-order valence-electron chi connectivity index (χ3n) is 2.23. The first-order valence-electron chi connectivity index (χ1n) is 5.06. The Morgan fingerprint density at radius 1 is 1.25 bits per heavy atom. The number of aryl methyl sites for hydroxylation is 1. The van der Waals surface area contributed by atoms with E-state index >= 15 is 0 Å². The molecule has 0 saturated heterocycles. The number of carbonyl (C=O) groups excluding carboxylic acids is 1. The third-order valence-corrected chi connectivity index (χ3v) is 2.23. The van der Waals surface area contributed by atoms with Crippen LogP contribution in [-0.4, -0.2) is 26.4 Å². The van der Waals surface area contributed by atoms with E-state index in [1.807, 2.05) is 31.2 Å². The predicted molar refractivity (Wildman–Crippen MR) is 60.8 cm³/mol. The fraction of sp³-hybridized carbons (Fsp3) is 0.417. The second-order valence-corrected chi connectivity index (χ2v) is 3.51. The Kier molecular flexibility index (Phi) is 4.95. The highest BCUT2D eigenvalue weighted by molar-refractivity contribution is 5.79. The van der Waals surface area contributed by atoms with Gasteiger partial charge in [-0.3, -0.25) is 4.79 Å². The smallest absolute Gasteiger partial charge is 0.277 e. The van der Waals surface area contributed by atoms with Gasteiger partial charge in [0.1, 0.15) is 0 Å². The zero-order valence-electron chi connectivity index (χ0n) is 9.82. The van der Waals surface area contributed by atoms with Crippen molar-refractivity contribution in [3.05, 3.63) is 35.4 Å². The van der Waals surface area contributed by atoms with Gasteiger partial charge in [0.05, 0.1) is 0 Å². The van der Waals surface area contributed by atoms with Crippen LogP contribution in [-0.2, 0) is 20.8 Å². The number of benzene rings is 1. The molecule has 0 heterocycles. The van der Waals surface area contributed by atoms with Crippen molar-refractivity contribution in [2.24, 2.45) is 0 Å². The largest absolute Gasteiger partial charge is 0.348 e. The highest BCUT2D eigenvalue weighted by atomic mass is 16.7. The first-order chi connectivity index (χ1) is 7.67. The minimum atomic E-state index is -0.842. The maximum Gasteiger partial charge on any atom is 0.277 e. The number of ether oxygens (including phenoxy) is 2. The number of rotatable bonds is 5. The van der Waals surface area contributed by atoms with Gasteiger partial charge in [-0.2, -0.15) is 0 Å². The van der Waals surface area contributed by atoms with Crippen LogP contribution in [0, 0.1) is 6.92 Å². The Bertz CT molecular complexity index is 331. The van der Waals surface area contributed by atoms with E-state index in [-0.39, 0.29) is 5.91 Å². The molecule has 1 aromatic carbocycles. The molecule has 0 saturated carbocycles. The molecule has 0 radical (unpaired) electrons. The van der Waals surface area contributed by atoms with Gasteiger partial charge in [0.15, 0.2) is 0 Å². The van der Waals surface area contributed by atoms with Gasteiger partial charge in [0, 0.05) is 20.8 Å². The van der Waals surface area contributed by atoms with Crippen LogP contribution in [0.25, 0.3) is 0 Å². The molecular weight excluding hydrogens is 206 g/mol. The van der Waals surface area contributed by atoms with Gasteiger partial charge >= 0.3 is 0 Å². The van der Waals surface area contributed by atoms with Crippen molar-refractivity contribution < 1.29 is 14.3 Å². The van der Waals surface area contributed by atoms with Gasteiger partial charge in [-0.25, -0.2) is 0 Å². The number of hydrogen-bond donors (Lipinski definition) is 1. The van der Waals surface area contributed by atoms with E-state index in [4.69, 9.17) is 9.47 Å². The van der Waals surface area contributed by atoms with Crippen LogP contribution in [0.1, 0.15) is 11.1 Å². The maximum absolute atomic E-state index is 11.5. The second-order valence-electron chi connectivity index (χ2n) is 3.51. The van der Waals surface area contributed by atoms with Gasteiger partial charge in [-0.1, -0.05) is 29.8 Å². The molecule has 0 aliphatic rings. The average molecular weight is 223 g/mol. The summed E-state index contributed by atoms with van der Waals surface area (Å²) >= 11 is 0. The molecule has 0 fully saturated rings. The van der Waals surface area contributed by atoms with E-state index < -0.39 is 6.29 Å². The second kappa shape index (κ2) is 6.25. The molecule has 1 N–H and O–H groups in total. The summed E-state index contributed by atoms with van der Waals surface area (Å²) in [7, 11) is 2.86. The molecule has 88 valence electrons. The molecule has 0 aromatic heterocycles. The van der Waals surface area contributed by atoms with Crippen molar-refractivity contribution in [2.45, 2.75) is 19.8 Å². The van der Waals surface area contributed by atoms with Crippen molar-refractivity contribution >= 4 is 5.91 Å². The maximum atomic E-state index is 11.5. The van der Waals surface area contributed by atoms with E-state index in [1.165, 1.54) is 19.8 Å². The van der Waals surface area contributed by atoms with Crippen molar-refractivity contribution in [1.29, 1.82) is 0 Å². The number of carbonyl (C=O) groups is 1. The van der Waals surface area contributed by atoms with Crippen molar-refractivity contribution in [1.82, 2.24) is 5.32 Å². The Balaban J connectivity index is 2.45. The van der Waals surface area contributed by atoms with E-state index in [0.29, 0.717) is 6.54 Å². The predicted octanol–water partition coefficient (Wildman–Crippen LogP) is 1.23. The van der Waals surface area contributed by atoms with Crippen LogP contribution in [0.5, 0.6) is 0 Å². The van der Waals surface area contributed by atoms with Crippen LogP contribution in [0.4, 0.5) is 0 Å². The lowest BCUT2D eigenvalue weighted by Crippen LogP contribution is -2.36. The van der Waals surface area contributed by atoms with Crippen molar-refractivity contribution in [3.8, 4) is 0 Å². The van der Waals surface area contributed by atoms with Crippen LogP contribution < -0.4 is 5.32 Å². The summed E-state index contributed by atoms with van der Waals surface area (Å²) in [6.07, 6.45) is -0.842. The van der Waals surface area contributed by atoms with Crippen LogP contribution in [0.3, 0.4) is 0 Å². The monoisotopic (exact) mass is 223 g/mol. The summed E-state index contributed by atoms with van der Waals surface area (Å²) < 4.78 is 9.67. The SMILES string of the molecule is COC(OC)C(=O)NCc1ccc(C)cc1. The van der Waals surface area contributed by atoms with E-state index in [0.717, 1.165) is 5.56 Å². The normalized spacial score (nSPS) is 10.5. The fourth-order valence-electron chi connectivity index (χ4n) is 1.29. The summed E-state index contributed by atoms with van der Waals surface area (Å²) in [6, 6.07) is 7.96. The molecule has 0 atom stereocenters. The number of nitrogens with one attached hydrogen (secondary N) is 1. The topological polar surface area (TPSA) is 47.6 Å². The lowest BCUT2D eigenvalue weighted by molar-refractivity contribution is -0.159. The molecule has 4 heteroatoms. The molecule has 1 aromatic rings. The fourth-order valence-corrected chi connectivity index (χ4v) is 1.29. The molecule has 0 aliphatic carbocycles. The molecule has 0 unspecified atom stereocenters. The summed E-state index contributed by atoms with van der Waals surface area (Å²) in [4.78, 5) is 11.5. The summed E-state index contributed by atoms with van der Waals surface area (Å²) in [5.74, 6) is -0.273. The summed E-state index contributed by atoms with van der Waals surface area (Å²) in [5.41, 5.74) is 2.24. The number of amides is 1. The minimum absolute atomic E-state index is 0.273. The molecule has 4 nitrogen and oxygen atoms in total. The highest BCUT2D eigenvalue weighted by Gasteiger charge is 2.15. The van der Waals surface area contributed by atoms with Crippen molar-refractivity contribution in [2.75, 3.05) is 14.2 Å². The zero-order valence-corrected chi connectivity index (χ0v) is 9.82. The molecule has 1 amide bonds. The highest BCUT2D eigenvalue weighted by Crippen LogP contribution is 2.02. The zero-order chi connectivity index (χ0) is 12.0. The number of hydrogen-bond acceptors (Lipinski definition) is 3. The van der Waals surface area contributed by atoms with Crippen molar-refractivity contribution in [3.63, 3.8) is 0 Å². The lowest BCUT2D eigenvalue weighted by atomic mass is 10.1. The van der Waals surface area contributed by atoms with E-state index in [1.54, 1.807) is 0 Å². The van der Waals surface area contributed by atoms with E-state index in [9.17, 15) is 4.79 Å². The number of methoxy groups -OCH3 is 2. The quantitative estimate of drug-likeness (QED) is 0.764. The standard InChI is InChI=1S/C12H17NO3/c1-9-4-6-10(7-5-9)8-13-11(14)12(15-2)16-3/h4-7,12H,8H2,1-3H3,(H,13,14). The van der Waals surface area contributed by atoms with Crippen LogP contribution in [0.2, 0.25) is 0 Å². The van der Waals surface area contributed by atoms with Crippen LogP contribution >= 0.6 is 0 Å². The Labute approximate surface area is 95.6 Å². The molecule has 16 heavy (non-hydrogen) atoms. The molecule has 0 bridgehead atoms. The van der Waals surface area contributed by atoms with Gasteiger partial charge in [-0.15, -0.1) is 0 Å². The molecule has 0 aliphatic heterocycles. The Morgan fingerprint density at radius 3 is 2.31 bits per heavy atom. The van der Waals surface area contributed by atoms with Gasteiger partial charge in [0.25, 0.3) is 5.91 Å². The lowest BCUT2D eigenvalue weighted by Gasteiger charge is -2.13. The first kappa shape index (κ1) is 12.7. The van der Waals surface area contributed by atoms with Gasteiger partial charge in [-0.05, 0) is 12.5 Å². The summed E-state index contributed by atoms with van der Waals surface area (Å²) in [5, 5.41) is 2.73. The van der Waals surface area contributed by atoms with Gasteiger partial charge < -0.3 is 14.8 Å². The van der Waals surface area contributed by atoms with Crippen LogP contribution in [0.15, 0.2) is 24.3 Å². The molecular formula is C12H17NO3. The Morgan fingerprint density at radius 2 is 1.81 bits per heavy atom. The van der Waals surface area contributed by atoms with E-state index in [2.05, 4.69) is 5.32 Å². The average Bonchev–Trinajstić information content (AvgIpc) is 2.30. The minimum Gasteiger partial charge on any atom is -0.348 e. The third kappa shape index (κ3) is 3.64.